The van der Waals surface area contributed by atoms with Gasteiger partial charge in [-0.3, -0.25) is 0 Å². The molecule has 0 saturated carbocycles. The Kier molecular flexibility index (Phi) is 6.46. The fourth-order valence-electron chi connectivity index (χ4n) is 3.21. The molecule has 0 heterocycles. The van der Waals surface area contributed by atoms with Gasteiger partial charge in [-0.1, -0.05) is 37.1 Å². The lowest BCUT2D eigenvalue weighted by Crippen LogP contribution is -2.26. The highest BCUT2D eigenvalue weighted by Gasteiger charge is 2.26. The van der Waals surface area contributed by atoms with Crippen LogP contribution in [0.25, 0.3) is 0 Å². The van der Waals surface area contributed by atoms with Gasteiger partial charge in [0.25, 0.3) is 0 Å². The molecule has 3 heteroatoms. The first-order chi connectivity index (χ1) is 11.7. The molecule has 136 valence electrons. The molecule has 1 aliphatic carbocycles. The van der Waals surface area contributed by atoms with Crippen molar-refractivity contribution < 1.29 is 14.6 Å². The molecule has 1 aromatic rings. The minimum absolute atomic E-state index is 0.0752. The minimum atomic E-state index is -0.324. The Morgan fingerprint density at radius 3 is 2.48 bits per heavy atom. The highest BCUT2D eigenvalue weighted by molar-refractivity contribution is 5.89. The molecule has 1 aliphatic rings. The number of carbonyl (C=O) groups excluding carboxylic acids is 1. The molecule has 0 unspecified atom stereocenters. The van der Waals surface area contributed by atoms with E-state index in [0.717, 1.165) is 32.1 Å². The number of carbonyl (C=O) groups is 1. The van der Waals surface area contributed by atoms with Crippen molar-refractivity contribution in [1.29, 1.82) is 0 Å². The summed E-state index contributed by atoms with van der Waals surface area (Å²) in [5.74, 6) is -0.177. The largest absolute Gasteiger partial charge is 0.508 e. The van der Waals surface area contributed by atoms with E-state index in [9.17, 15) is 9.90 Å². The van der Waals surface area contributed by atoms with Crippen LogP contribution in [0.1, 0.15) is 70.2 Å². The number of ether oxygens (including phenoxy) is 1. The number of rotatable bonds is 2. The molecule has 1 aromatic carbocycles. The third-order valence-electron chi connectivity index (χ3n) is 4.74. The van der Waals surface area contributed by atoms with E-state index < -0.39 is 0 Å². The monoisotopic (exact) mass is 342 g/mol. The summed E-state index contributed by atoms with van der Waals surface area (Å²) in [6.45, 7) is 8.77. The van der Waals surface area contributed by atoms with Crippen LogP contribution < -0.4 is 0 Å². The fourth-order valence-corrected chi connectivity index (χ4v) is 3.21. The van der Waals surface area contributed by atoms with Gasteiger partial charge in [0.15, 0.2) is 0 Å². The van der Waals surface area contributed by atoms with Gasteiger partial charge in [0, 0.05) is 6.42 Å². The molecule has 1 atom stereocenters. The second kappa shape index (κ2) is 8.37. The number of phenolic OH excluding ortho intramolecular Hbond substituents is 1. The van der Waals surface area contributed by atoms with E-state index >= 15 is 0 Å². The molecule has 1 N–H and O–H groups in total. The van der Waals surface area contributed by atoms with E-state index in [1.165, 1.54) is 23.3 Å². The number of hydrogen-bond acceptors (Lipinski definition) is 3. The second-order valence-corrected chi connectivity index (χ2v) is 7.99. The van der Waals surface area contributed by atoms with Gasteiger partial charge in [-0.05, 0) is 69.2 Å². The summed E-state index contributed by atoms with van der Waals surface area (Å²) in [6, 6.07) is 6.22. The molecule has 2 rings (SSSR count). The van der Waals surface area contributed by atoms with Crippen molar-refractivity contribution in [2.75, 3.05) is 0 Å². The molecule has 0 aliphatic heterocycles. The van der Waals surface area contributed by atoms with Crippen LogP contribution in [0.3, 0.4) is 0 Å². The Hall–Kier alpha value is -2.03. The highest BCUT2D eigenvalue weighted by Crippen LogP contribution is 2.32. The lowest BCUT2D eigenvalue weighted by atomic mass is 9.81. The molecule has 0 bridgehead atoms. The Balaban J connectivity index is 2.15. The zero-order valence-corrected chi connectivity index (χ0v) is 15.8. The lowest BCUT2D eigenvalue weighted by Gasteiger charge is -2.29. The summed E-state index contributed by atoms with van der Waals surface area (Å²) >= 11 is 0. The van der Waals surface area contributed by atoms with Crippen LogP contribution in [0.5, 0.6) is 5.75 Å². The summed E-state index contributed by atoms with van der Waals surface area (Å²) < 4.78 is 5.84. The van der Waals surface area contributed by atoms with Crippen LogP contribution in [-0.4, -0.2) is 17.2 Å². The SMILES string of the molecule is CC1=CCC(C)(C)C[C@H](OC(=O)c2ccc(O)cc2)C/C(C)=C/CC1. The predicted molar refractivity (Wildman–Crippen MR) is 102 cm³/mol. The van der Waals surface area contributed by atoms with Crippen molar-refractivity contribution >= 4 is 5.97 Å². The van der Waals surface area contributed by atoms with Crippen LogP contribution >= 0.6 is 0 Å². The summed E-state index contributed by atoms with van der Waals surface area (Å²) in [7, 11) is 0. The Bertz CT molecular complexity index is 650. The maximum Gasteiger partial charge on any atom is 0.338 e. The Labute approximate surface area is 151 Å². The standard InChI is InChI=1S/C22H30O3/c1-16-6-5-7-17(2)14-20(15-22(3,4)13-12-16)25-21(24)18-8-10-19(23)11-9-18/h7-12,20,23H,5-6,13-15H2,1-4H3/b16-12?,17-7+/t20-/m1/s1. The van der Waals surface area contributed by atoms with Gasteiger partial charge in [0.1, 0.15) is 11.9 Å². The summed E-state index contributed by atoms with van der Waals surface area (Å²) in [5, 5.41) is 9.37. The van der Waals surface area contributed by atoms with E-state index in [1.807, 2.05) is 0 Å². The van der Waals surface area contributed by atoms with E-state index in [2.05, 4.69) is 39.8 Å². The molecule has 0 radical (unpaired) electrons. The van der Waals surface area contributed by atoms with Crippen LogP contribution in [0.2, 0.25) is 0 Å². The van der Waals surface area contributed by atoms with Gasteiger partial charge in [0.2, 0.25) is 0 Å². The average Bonchev–Trinajstić information content (AvgIpc) is 2.54. The molecular weight excluding hydrogens is 312 g/mol. The van der Waals surface area contributed by atoms with Gasteiger partial charge < -0.3 is 9.84 Å². The van der Waals surface area contributed by atoms with Gasteiger partial charge in [-0.15, -0.1) is 0 Å². The first-order valence-corrected chi connectivity index (χ1v) is 9.06. The van der Waals surface area contributed by atoms with Crippen molar-refractivity contribution in [3.05, 3.63) is 53.1 Å². The van der Waals surface area contributed by atoms with Crippen LogP contribution in [0.4, 0.5) is 0 Å². The predicted octanol–water partition coefficient (Wildman–Crippen LogP) is 5.80. The minimum Gasteiger partial charge on any atom is -0.508 e. The summed E-state index contributed by atoms with van der Waals surface area (Å²) in [5.41, 5.74) is 3.25. The van der Waals surface area contributed by atoms with Crippen molar-refractivity contribution in [2.45, 2.75) is 65.9 Å². The fraction of sp³-hybridized carbons (Fsp3) is 0.500. The first kappa shape index (κ1) is 19.3. The molecule has 0 saturated heterocycles. The quantitative estimate of drug-likeness (QED) is 0.546. The first-order valence-electron chi connectivity index (χ1n) is 9.06. The zero-order chi connectivity index (χ0) is 18.4. The van der Waals surface area contributed by atoms with Gasteiger partial charge in [-0.25, -0.2) is 4.79 Å². The zero-order valence-electron chi connectivity index (χ0n) is 15.8. The molecule has 0 amide bonds. The second-order valence-electron chi connectivity index (χ2n) is 7.99. The van der Waals surface area contributed by atoms with Crippen LogP contribution in [0.15, 0.2) is 47.6 Å². The lowest BCUT2D eigenvalue weighted by molar-refractivity contribution is 0.0191. The third-order valence-corrected chi connectivity index (χ3v) is 4.74. The van der Waals surface area contributed by atoms with Crippen molar-refractivity contribution in [2.24, 2.45) is 5.41 Å². The number of aromatic hydroxyl groups is 1. The normalized spacial score (nSPS) is 23.6. The van der Waals surface area contributed by atoms with Crippen molar-refractivity contribution in [1.82, 2.24) is 0 Å². The van der Waals surface area contributed by atoms with Crippen LogP contribution in [-0.2, 0) is 4.74 Å². The smallest absolute Gasteiger partial charge is 0.338 e. The third kappa shape index (κ3) is 6.41. The van der Waals surface area contributed by atoms with Crippen LogP contribution in [0, 0.1) is 5.41 Å². The molecule has 25 heavy (non-hydrogen) atoms. The number of benzene rings is 1. The van der Waals surface area contributed by atoms with Gasteiger partial charge in [0.05, 0.1) is 5.56 Å². The van der Waals surface area contributed by atoms with Crippen molar-refractivity contribution in [3.63, 3.8) is 0 Å². The van der Waals surface area contributed by atoms with E-state index in [4.69, 9.17) is 4.74 Å². The van der Waals surface area contributed by atoms with E-state index in [1.54, 1.807) is 12.1 Å². The molecule has 0 fully saturated rings. The molecule has 0 aromatic heterocycles. The number of hydrogen-bond donors (Lipinski definition) is 1. The number of phenols is 1. The number of esters is 1. The number of allylic oxidation sites excluding steroid dienone is 3. The maximum absolute atomic E-state index is 12.5. The Morgan fingerprint density at radius 1 is 1.12 bits per heavy atom. The van der Waals surface area contributed by atoms with E-state index in [0.29, 0.717) is 5.56 Å². The topological polar surface area (TPSA) is 46.5 Å². The average molecular weight is 342 g/mol. The van der Waals surface area contributed by atoms with Gasteiger partial charge >= 0.3 is 5.97 Å². The summed E-state index contributed by atoms with van der Waals surface area (Å²) in [6.07, 6.45) is 9.16. The van der Waals surface area contributed by atoms with E-state index in [-0.39, 0.29) is 23.2 Å². The molecule has 0 spiro atoms. The van der Waals surface area contributed by atoms with Gasteiger partial charge in [-0.2, -0.15) is 0 Å². The Morgan fingerprint density at radius 2 is 1.80 bits per heavy atom. The maximum atomic E-state index is 12.5. The van der Waals surface area contributed by atoms with Crippen molar-refractivity contribution in [3.8, 4) is 5.75 Å². The molecule has 3 nitrogen and oxygen atoms in total. The highest BCUT2D eigenvalue weighted by atomic mass is 16.5. The molecular formula is C22H30O3. The summed E-state index contributed by atoms with van der Waals surface area (Å²) in [4.78, 5) is 12.5.